The number of rotatable bonds is 3. The molecule has 1 aromatic carbocycles. The molecular formula is C17H23N3O. The van der Waals surface area contributed by atoms with Gasteiger partial charge in [-0.1, -0.05) is 12.8 Å². The number of nitrogens with zero attached hydrogens (tertiary/aromatic N) is 1. The fourth-order valence-corrected chi connectivity index (χ4v) is 3.19. The van der Waals surface area contributed by atoms with Gasteiger partial charge in [0.25, 0.3) is 0 Å². The van der Waals surface area contributed by atoms with Gasteiger partial charge >= 0.3 is 0 Å². The van der Waals surface area contributed by atoms with Crippen molar-refractivity contribution in [2.75, 3.05) is 17.6 Å². The Balaban J connectivity index is 1.83. The number of hydrogen-bond acceptors (Lipinski definition) is 4. The zero-order valence-electron chi connectivity index (χ0n) is 12.5. The number of nitrogen functional groups attached to an aromatic ring is 1. The van der Waals surface area contributed by atoms with Crippen molar-refractivity contribution in [2.45, 2.75) is 38.7 Å². The number of aryl methyl sites for hydroxylation is 1. The van der Waals surface area contributed by atoms with E-state index < -0.39 is 0 Å². The van der Waals surface area contributed by atoms with Crippen molar-refractivity contribution in [3.05, 3.63) is 30.1 Å². The predicted octanol–water partition coefficient (Wildman–Crippen LogP) is 3.09. The van der Waals surface area contributed by atoms with Crippen molar-refractivity contribution < 1.29 is 5.11 Å². The van der Waals surface area contributed by atoms with E-state index in [2.05, 4.69) is 16.4 Å². The molecule has 0 bridgehead atoms. The van der Waals surface area contributed by atoms with Crippen LogP contribution in [0.3, 0.4) is 0 Å². The molecule has 2 aromatic rings. The largest absolute Gasteiger partial charge is 0.398 e. The second kappa shape index (κ2) is 5.90. The van der Waals surface area contributed by atoms with Crippen molar-refractivity contribution in [1.82, 2.24) is 4.98 Å². The Hall–Kier alpha value is -1.81. The molecule has 0 saturated heterocycles. The van der Waals surface area contributed by atoms with Gasteiger partial charge in [-0.05, 0) is 38.0 Å². The first-order valence-corrected chi connectivity index (χ1v) is 7.72. The van der Waals surface area contributed by atoms with E-state index in [4.69, 9.17) is 5.73 Å². The third-order valence-electron chi connectivity index (χ3n) is 4.50. The summed E-state index contributed by atoms with van der Waals surface area (Å²) in [6, 6.07) is 6.00. The molecule has 3 rings (SSSR count). The fourth-order valence-electron chi connectivity index (χ4n) is 3.19. The highest BCUT2D eigenvalue weighted by atomic mass is 16.3. The third kappa shape index (κ3) is 2.95. The monoisotopic (exact) mass is 285 g/mol. The zero-order valence-corrected chi connectivity index (χ0v) is 12.5. The maximum atomic E-state index is 10.1. The molecule has 0 aliphatic heterocycles. The molecule has 2 atom stereocenters. The SMILES string of the molecule is Cc1cc2c(NCC3CCCCC3O)ccc(N)c2cn1. The summed E-state index contributed by atoms with van der Waals surface area (Å²) < 4.78 is 0. The van der Waals surface area contributed by atoms with Crippen LogP contribution in [-0.2, 0) is 0 Å². The number of nitrogens with two attached hydrogens (primary N) is 1. The summed E-state index contributed by atoms with van der Waals surface area (Å²) in [6.07, 6.45) is 6.05. The van der Waals surface area contributed by atoms with Gasteiger partial charge in [0, 0.05) is 46.5 Å². The Morgan fingerprint density at radius 1 is 1.29 bits per heavy atom. The Morgan fingerprint density at radius 3 is 2.90 bits per heavy atom. The Morgan fingerprint density at radius 2 is 2.10 bits per heavy atom. The molecule has 112 valence electrons. The van der Waals surface area contributed by atoms with Gasteiger partial charge in [0.1, 0.15) is 0 Å². The third-order valence-corrected chi connectivity index (χ3v) is 4.50. The van der Waals surface area contributed by atoms with E-state index >= 15 is 0 Å². The topological polar surface area (TPSA) is 71.2 Å². The minimum atomic E-state index is -0.172. The maximum absolute atomic E-state index is 10.1. The van der Waals surface area contributed by atoms with Gasteiger partial charge in [-0.15, -0.1) is 0 Å². The van der Waals surface area contributed by atoms with Crippen LogP contribution in [-0.4, -0.2) is 22.7 Å². The first kappa shape index (κ1) is 14.1. The summed E-state index contributed by atoms with van der Waals surface area (Å²) in [5.74, 6) is 0.342. The van der Waals surface area contributed by atoms with Crippen molar-refractivity contribution in [2.24, 2.45) is 5.92 Å². The number of aromatic nitrogens is 1. The lowest BCUT2D eigenvalue weighted by Gasteiger charge is -2.28. The number of pyridine rings is 1. The van der Waals surface area contributed by atoms with Gasteiger partial charge in [-0.25, -0.2) is 0 Å². The second-order valence-corrected chi connectivity index (χ2v) is 6.07. The molecule has 4 heteroatoms. The van der Waals surface area contributed by atoms with E-state index in [0.29, 0.717) is 5.92 Å². The summed E-state index contributed by atoms with van der Waals surface area (Å²) in [5, 5.41) is 15.7. The van der Waals surface area contributed by atoms with Crippen LogP contribution in [0.15, 0.2) is 24.4 Å². The molecule has 0 radical (unpaired) electrons. The molecule has 2 unspecified atom stereocenters. The molecule has 1 fully saturated rings. The quantitative estimate of drug-likeness (QED) is 0.758. The highest BCUT2D eigenvalue weighted by Crippen LogP contribution is 2.30. The molecule has 21 heavy (non-hydrogen) atoms. The van der Waals surface area contributed by atoms with Crippen LogP contribution >= 0.6 is 0 Å². The minimum absolute atomic E-state index is 0.172. The van der Waals surface area contributed by atoms with Gasteiger partial charge in [0.2, 0.25) is 0 Å². The van der Waals surface area contributed by atoms with E-state index in [9.17, 15) is 5.11 Å². The standard InChI is InChI=1S/C17H23N3O/c1-11-8-13-14(10-19-11)15(18)6-7-16(13)20-9-12-4-2-3-5-17(12)21/h6-8,10,12,17,20-21H,2-5,9,18H2,1H3. The first-order valence-electron chi connectivity index (χ1n) is 7.72. The number of nitrogens with one attached hydrogen (secondary N) is 1. The number of anilines is 2. The van der Waals surface area contributed by atoms with E-state index in [1.54, 1.807) is 0 Å². The molecule has 1 aliphatic carbocycles. The first-order chi connectivity index (χ1) is 10.1. The smallest absolute Gasteiger partial charge is 0.0585 e. The molecular weight excluding hydrogens is 262 g/mol. The van der Waals surface area contributed by atoms with Gasteiger partial charge in [0.05, 0.1) is 6.10 Å². The average Bonchev–Trinajstić information content (AvgIpc) is 2.48. The number of benzene rings is 1. The van der Waals surface area contributed by atoms with Crippen LogP contribution in [0.25, 0.3) is 10.8 Å². The predicted molar refractivity (Wildman–Crippen MR) is 87.3 cm³/mol. The minimum Gasteiger partial charge on any atom is -0.398 e. The highest BCUT2D eigenvalue weighted by molar-refractivity contribution is 6.00. The van der Waals surface area contributed by atoms with Crippen LogP contribution in [0.2, 0.25) is 0 Å². The molecule has 0 amide bonds. The number of aliphatic hydroxyl groups is 1. The lowest BCUT2D eigenvalue weighted by atomic mass is 9.86. The summed E-state index contributed by atoms with van der Waals surface area (Å²) >= 11 is 0. The van der Waals surface area contributed by atoms with Crippen LogP contribution in [0.5, 0.6) is 0 Å². The van der Waals surface area contributed by atoms with Crippen LogP contribution < -0.4 is 11.1 Å². The molecule has 4 N–H and O–H groups in total. The second-order valence-electron chi connectivity index (χ2n) is 6.07. The van der Waals surface area contributed by atoms with Gasteiger partial charge in [-0.3, -0.25) is 4.98 Å². The van der Waals surface area contributed by atoms with E-state index in [0.717, 1.165) is 53.6 Å². The fraction of sp³-hybridized carbons (Fsp3) is 0.471. The lowest BCUT2D eigenvalue weighted by Crippen LogP contribution is -2.30. The summed E-state index contributed by atoms with van der Waals surface area (Å²) in [7, 11) is 0. The van der Waals surface area contributed by atoms with Crippen LogP contribution in [0, 0.1) is 12.8 Å². The number of aliphatic hydroxyl groups excluding tert-OH is 1. The Bertz CT molecular complexity index is 641. The number of fused-ring (bicyclic) bond motifs is 1. The Kier molecular flexibility index (Phi) is 3.97. The lowest BCUT2D eigenvalue weighted by molar-refractivity contribution is 0.0763. The molecule has 1 saturated carbocycles. The average molecular weight is 285 g/mol. The van der Waals surface area contributed by atoms with Gasteiger partial charge < -0.3 is 16.2 Å². The maximum Gasteiger partial charge on any atom is 0.0585 e. The molecule has 4 nitrogen and oxygen atoms in total. The molecule has 1 heterocycles. The summed E-state index contributed by atoms with van der Waals surface area (Å²) in [6.45, 7) is 2.79. The summed E-state index contributed by atoms with van der Waals surface area (Å²) in [5.41, 5.74) is 8.83. The highest BCUT2D eigenvalue weighted by Gasteiger charge is 2.22. The van der Waals surface area contributed by atoms with E-state index in [1.165, 1.54) is 6.42 Å². The van der Waals surface area contributed by atoms with Crippen molar-refractivity contribution in [1.29, 1.82) is 0 Å². The van der Waals surface area contributed by atoms with Crippen molar-refractivity contribution in [3.8, 4) is 0 Å². The van der Waals surface area contributed by atoms with Crippen molar-refractivity contribution >= 4 is 22.1 Å². The normalized spacial score (nSPS) is 22.4. The number of hydrogen-bond donors (Lipinski definition) is 3. The van der Waals surface area contributed by atoms with Gasteiger partial charge in [0.15, 0.2) is 0 Å². The summed E-state index contributed by atoms with van der Waals surface area (Å²) in [4.78, 5) is 4.32. The molecule has 1 aliphatic rings. The van der Waals surface area contributed by atoms with Crippen LogP contribution in [0.4, 0.5) is 11.4 Å². The van der Waals surface area contributed by atoms with Crippen molar-refractivity contribution in [3.63, 3.8) is 0 Å². The van der Waals surface area contributed by atoms with E-state index in [1.807, 2.05) is 25.3 Å². The Labute approximate surface area is 125 Å². The van der Waals surface area contributed by atoms with Gasteiger partial charge in [-0.2, -0.15) is 0 Å². The molecule has 0 spiro atoms. The van der Waals surface area contributed by atoms with E-state index in [-0.39, 0.29) is 6.10 Å². The molecule has 1 aromatic heterocycles. The zero-order chi connectivity index (χ0) is 14.8. The van der Waals surface area contributed by atoms with Crippen LogP contribution in [0.1, 0.15) is 31.4 Å².